The molecule has 17 atom stereocenters. The molecule has 0 spiro atoms. The van der Waals surface area contributed by atoms with Crippen LogP contribution in [0.3, 0.4) is 0 Å². The van der Waals surface area contributed by atoms with Crippen molar-refractivity contribution in [2.45, 2.75) is 362 Å². The van der Waals surface area contributed by atoms with Crippen molar-refractivity contribution in [1.29, 1.82) is 0 Å². The van der Waals surface area contributed by atoms with Crippen molar-refractivity contribution in [3.63, 3.8) is 0 Å². The Morgan fingerprint density at radius 3 is 1.19 bits per heavy atom. The van der Waals surface area contributed by atoms with E-state index >= 15 is 0 Å². The predicted molar refractivity (Wildman–Crippen MR) is 355 cm³/mol. The molecule has 530 valence electrons. The van der Waals surface area contributed by atoms with Crippen LogP contribution in [-0.2, 0) is 33.2 Å². The number of unbranched alkanes of at least 4 members (excludes halogenated alkanes) is 29. The molecule has 3 aliphatic rings. The summed E-state index contributed by atoms with van der Waals surface area (Å²) in [4.78, 5) is 13.4. The minimum Gasteiger partial charge on any atom is -0.394 e. The van der Waals surface area contributed by atoms with Gasteiger partial charge < -0.3 is 89.9 Å². The minimum absolute atomic E-state index is 0.246. The van der Waals surface area contributed by atoms with Crippen molar-refractivity contribution in [2.75, 3.05) is 26.4 Å². The fraction of sp³-hybridized carbons (Fsp3) is 0.847. The van der Waals surface area contributed by atoms with E-state index in [1.165, 1.54) is 141 Å². The highest BCUT2D eigenvalue weighted by atomic mass is 16.8. The molecule has 19 nitrogen and oxygen atoms in total. The topological polar surface area (TPSA) is 307 Å². The maximum atomic E-state index is 13.4. The Bertz CT molecular complexity index is 1890. The minimum atomic E-state index is -1.97. The van der Waals surface area contributed by atoms with E-state index in [1.54, 1.807) is 0 Å². The molecule has 3 fully saturated rings. The number of aliphatic hydroxyl groups excluding tert-OH is 11. The number of carbonyl (C=O) groups is 1. The van der Waals surface area contributed by atoms with Gasteiger partial charge in [-0.3, -0.25) is 4.79 Å². The second kappa shape index (κ2) is 53.6. The van der Waals surface area contributed by atoms with Gasteiger partial charge in [0.1, 0.15) is 73.2 Å². The molecule has 0 bridgehead atoms. The highest BCUT2D eigenvalue weighted by Crippen LogP contribution is 2.33. The number of hydrogen-bond acceptors (Lipinski definition) is 18. The molecule has 3 rings (SSSR count). The first-order valence-corrected chi connectivity index (χ1v) is 36.0. The van der Waals surface area contributed by atoms with Crippen LogP contribution < -0.4 is 5.32 Å². The van der Waals surface area contributed by atoms with Crippen molar-refractivity contribution in [1.82, 2.24) is 5.32 Å². The standard InChI is InChI=1S/C72H129NO18/c1-3-5-7-9-11-13-15-17-19-21-23-24-25-26-27-28-29-30-32-34-36-38-40-42-44-46-48-50-60(78)73-55(56(77)49-47-45-43-41-39-37-35-33-31-22-20-18-16-14-12-10-8-6-4-2)54-86-70-66(84)63(81)68(58(52-75)88-70)91-72-67(85)64(82)69(59(53-76)89-72)90-71-65(83)62(80)61(79)57(51-74)87-71/h5,7,11,13,17,19,23-24,26-27,55-59,61-72,74-77,79-85H,3-4,6,8-10,12,14-16,18,20-22,25,28-54H2,1-2H3,(H,73,78)/b7-5-,13-11-,19-17-,24-23-,27-26-. The van der Waals surface area contributed by atoms with Gasteiger partial charge in [-0.05, 0) is 57.8 Å². The van der Waals surface area contributed by atoms with Crippen LogP contribution in [0.1, 0.15) is 258 Å². The number of nitrogens with one attached hydrogen (secondary N) is 1. The smallest absolute Gasteiger partial charge is 0.220 e. The maximum Gasteiger partial charge on any atom is 0.220 e. The van der Waals surface area contributed by atoms with Crippen LogP contribution in [0.5, 0.6) is 0 Å². The third-order valence-corrected chi connectivity index (χ3v) is 17.9. The SMILES string of the molecule is CC/C=C\C/C=C\C/C=C\C/C=C\C/C=C\CCCCCCCCCCCCCC(=O)NC(COC1OC(CO)C(OC2OC(CO)C(OC3OC(CO)C(O)C(O)C3O)C(O)C2O)C(O)C1O)C(O)CCCCCCCCCCCCCCCCCCCCC. The summed E-state index contributed by atoms with van der Waals surface area (Å²) in [5, 5.41) is 121. The Balaban J connectivity index is 1.41. The van der Waals surface area contributed by atoms with E-state index in [0.717, 1.165) is 83.5 Å². The molecule has 3 saturated heterocycles. The highest BCUT2D eigenvalue weighted by molar-refractivity contribution is 5.76. The quantitative estimate of drug-likeness (QED) is 0.0199. The van der Waals surface area contributed by atoms with E-state index in [-0.39, 0.29) is 18.9 Å². The largest absolute Gasteiger partial charge is 0.394 e. The first-order chi connectivity index (χ1) is 44.3. The number of allylic oxidation sites excluding steroid dienone is 10. The van der Waals surface area contributed by atoms with Gasteiger partial charge in [0, 0.05) is 6.42 Å². The summed E-state index contributed by atoms with van der Waals surface area (Å²) >= 11 is 0. The van der Waals surface area contributed by atoms with Gasteiger partial charge in [-0.15, -0.1) is 0 Å². The number of rotatable bonds is 55. The summed E-state index contributed by atoms with van der Waals surface area (Å²) in [6.07, 6.45) is 38.6. The molecule has 3 aliphatic heterocycles. The monoisotopic (exact) mass is 1300 g/mol. The third-order valence-electron chi connectivity index (χ3n) is 17.9. The van der Waals surface area contributed by atoms with E-state index in [9.17, 15) is 61.0 Å². The highest BCUT2D eigenvalue weighted by Gasteiger charge is 2.53. The molecule has 0 aromatic carbocycles. The molecule has 0 radical (unpaired) electrons. The van der Waals surface area contributed by atoms with Crippen LogP contribution in [0.4, 0.5) is 0 Å². The van der Waals surface area contributed by atoms with Gasteiger partial charge in [0.2, 0.25) is 5.91 Å². The zero-order chi connectivity index (χ0) is 66.1. The summed E-state index contributed by atoms with van der Waals surface area (Å²) in [7, 11) is 0. The van der Waals surface area contributed by atoms with E-state index in [4.69, 9.17) is 28.4 Å². The first-order valence-electron chi connectivity index (χ1n) is 36.0. The molecule has 0 aromatic heterocycles. The summed E-state index contributed by atoms with van der Waals surface area (Å²) in [6.45, 7) is 1.70. The average Bonchev–Trinajstić information content (AvgIpc) is 0.885. The van der Waals surface area contributed by atoms with E-state index < -0.39 is 124 Å². The van der Waals surface area contributed by atoms with Gasteiger partial charge in [-0.25, -0.2) is 0 Å². The van der Waals surface area contributed by atoms with Crippen LogP contribution in [-0.4, -0.2) is 193 Å². The Labute approximate surface area is 547 Å². The Morgan fingerprint density at radius 1 is 0.407 bits per heavy atom. The molecule has 19 heteroatoms. The van der Waals surface area contributed by atoms with Gasteiger partial charge in [0.05, 0.1) is 38.6 Å². The zero-order valence-electron chi connectivity index (χ0n) is 56.1. The zero-order valence-corrected chi connectivity index (χ0v) is 56.1. The Morgan fingerprint density at radius 2 is 0.758 bits per heavy atom. The van der Waals surface area contributed by atoms with Crippen molar-refractivity contribution < 1.29 is 89.4 Å². The lowest BCUT2D eigenvalue weighted by atomic mass is 9.96. The molecule has 91 heavy (non-hydrogen) atoms. The summed E-state index contributed by atoms with van der Waals surface area (Å²) < 4.78 is 34.4. The van der Waals surface area contributed by atoms with E-state index in [1.807, 2.05) is 0 Å². The maximum absolute atomic E-state index is 13.4. The molecule has 0 aromatic rings. The fourth-order valence-electron chi connectivity index (χ4n) is 12.0. The lowest BCUT2D eigenvalue weighted by Gasteiger charge is -2.48. The summed E-state index contributed by atoms with van der Waals surface area (Å²) in [6, 6.07) is -0.892. The molecule has 1 amide bonds. The van der Waals surface area contributed by atoms with Crippen LogP contribution in [0, 0.1) is 0 Å². The molecule has 0 aliphatic carbocycles. The normalized spacial score (nSPS) is 28.2. The second-order valence-corrected chi connectivity index (χ2v) is 25.7. The van der Waals surface area contributed by atoms with Crippen molar-refractivity contribution >= 4 is 5.91 Å². The summed E-state index contributed by atoms with van der Waals surface area (Å²) in [5.74, 6) is -0.246. The Kier molecular flexibility index (Phi) is 48.7. The first kappa shape index (κ1) is 82.7. The summed E-state index contributed by atoms with van der Waals surface area (Å²) in [5.41, 5.74) is 0. The van der Waals surface area contributed by atoms with Gasteiger partial charge in [0.15, 0.2) is 18.9 Å². The molecule has 0 saturated carbocycles. The molecular weight excluding hydrogens is 1170 g/mol. The molecule has 17 unspecified atom stereocenters. The van der Waals surface area contributed by atoms with Gasteiger partial charge in [-0.2, -0.15) is 0 Å². The van der Waals surface area contributed by atoms with Crippen LogP contribution in [0.15, 0.2) is 60.8 Å². The van der Waals surface area contributed by atoms with Gasteiger partial charge in [0.25, 0.3) is 0 Å². The van der Waals surface area contributed by atoms with E-state index in [0.29, 0.717) is 12.8 Å². The molecule has 12 N–H and O–H groups in total. The predicted octanol–water partition coefficient (Wildman–Crippen LogP) is 9.94. The molecular formula is C72H129NO18. The van der Waals surface area contributed by atoms with E-state index in [2.05, 4.69) is 79.9 Å². The number of hydrogen-bond donors (Lipinski definition) is 12. The second-order valence-electron chi connectivity index (χ2n) is 25.7. The Hall–Kier alpha value is -2.51. The van der Waals surface area contributed by atoms with Gasteiger partial charge in [-0.1, -0.05) is 254 Å². The van der Waals surface area contributed by atoms with Crippen LogP contribution in [0.25, 0.3) is 0 Å². The average molecular weight is 1300 g/mol. The fourth-order valence-corrected chi connectivity index (χ4v) is 12.0. The lowest BCUT2D eigenvalue weighted by molar-refractivity contribution is -0.379. The van der Waals surface area contributed by atoms with Crippen molar-refractivity contribution in [3.05, 3.63) is 60.8 Å². The van der Waals surface area contributed by atoms with Crippen LogP contribution in [0.2, 0.25) is 0 Å². The lowest BCUT2D eigenvalue weighted by Crippen LogP contribution is -2.66. The van der Waals surface area contributed by atoms with Crippen LogP contribution >= 0.6 is 0 Å². The number of ether oxygens (including phenoxy) is 6. The van der Waals surface area contributed by atoms with Crippen molar-refractivity contribution in [3.8, 4) is 0 Å². The van der Waals surface area contributed by atoms with Crippen molar-refractivity contribution in [2.24, 2.45) is 0 Å². The number of carbonyl (C=O) groups excluding carboxylic acids is 1. The molecule has 3 heterocycles. The van der Waals surface area contributed by atoms with Gasteiger partial charge >= 0.3 is 0 Å². The number of aliphatic hydroxyl groups is 11. The third kappa shape index (κ3) is 35.4. The number of amides is 1.